The quantitative estimate of drug-likeness (QED) is 0.487. The van der Waals surface area contributed by atoms with Crippen LogP contribution < -0.4 is 0 Å². The largest absolute Gasteiger partial charge is 0.369 e. The summed E-state index contributed by atoms with van der Waals surface area (Å²) in [6.07, 6.45) is 2.17. The van der Waals surface area contributed by atoms with Gasteiger partial charge in [-0.1, -0.05) is 97.9 Å². The van der Waals surface area contributed by atoms with Gasteiger partial charge in [-0.05, 0) is 35.4 Å². The summed E-state index contributed by atoms with van der Waals surface area (Å²) in [6, 6.07) is 31.7. The Hall–Kier alpha value is -2.38. The van der Waals surface area contributed by atoms with Crippen LogP contribution in [0.4, 0.5) is 0 Å². The van der Waals surface area contributed by atoms with Crippen molar-refractivity contribution in [2.45, 2.75) is 25.9 Å². The van der Waals surface area contributed by atoms with Crippen molar-refractivity contribution in [3.05, 3.63) is 108 Å². The zero-order valence-electron chi connectivity index (χ0n) is 14.8. The zero-order valence-corrected chi connectivity index (χ0v) is 14.8. The topological polar surface area (TPSA) is 9.23 Å². The van der Waals surface area contributed by atoms with E-state index in [9.17, 15) is 0 Å². The van der Waals surface area contributed by atoms with Gasteiger partial charge in [0.2, 0.25) is 0 Å². The standard InChI is InChI=1S/C24H26O/c1-20(19-21-11-5-2-6-12-21)17-18-25-24(22-13-7-3-8-14-22)23-15-9-4-10-16-23/h2-16,20,24H,17-19H2,1H3. The SMILES string of the molecule is CC(CCOC(c1ccccc1)c1ccccc1)Cc1ccccc1. The van der Waals surface area contributed by atoms with E-state index in [1.165, 1.54) is 16.7 Å². The van der Waals surface area contributed by atoms with Crippen LogP contribution in [-0.2, 0) is 11.2 Å². The van der Waals surface area contributed by atoms with Gasteiger partial charge in [-0.25, -0.2) is 0 Å². The predicted octanol–water partition coefficient (Wildman–Crippen LogP) is 6.06. The van der Waals surface area contributed by atoms with E-state index in [0.717, 1.165) is 19.4 Å². The van der Waals surface area contributed by atoms with Crippen molar-refractivity contribution in [1.29, 1.82) is 0 Å². The van der Waals surface area contributed by atoms with Gasteiger partial charge in [0, 0.05) is 6.61 Å². The van der Waals surface area contributed by atoms with Crippen molar-refractivity contribution < 1.29 is 4.74 Å². The van der Waals surface area contributed by atoms with E-state index < -0.39 is 0 Å². The number of ether oxygens (including phenoxy) is 1. The van der Waals surface area contributed by atoms with Gasteiger partial charge < -0.3 is 4.74 Å². The monoisotopic (exact) mass is 330 g/mol. The molecule has 0 spiro atoms. The maximum atomic E-state index is 6.32. The van der Waals surface area contributed by atoms with Gasteiger partial charge in [-0.2, -0.15) is 0 Å². The molecule has 0 bridgehead atoms. The third kappa shape index (κ3) is 5.30. The van der Waals surface area contributed by atoms with Crippen molar-refractivity contribution in [3.63, 3.8) is 0 Å². The molecule has 1 heteroatoms. The second kappa shape index (κ2) is 9.19. The lowest BCUT2D eigenvalue weighted by atomic mass is 9.98. The van der Waals surface area contributed by atoms with Crippen LogP contribution in [0, 0.1) is 5.92 Å². The van der Waals surface area contributed by atoms with Crippen molar-refractivity contribution in [2.75, 3.05) is 6.61 Å². The van der Waals surface area contributed by atoms with Crippen LogP contribution >= 0.6 is 0 Å². The second-order valence-electron chi connectivity index (χ2n) is 6.66. The van der Waals surface area contributed by atoms with Crippen LogP contribution in [0.3, 0.4) is 0 Å². The summed E-state index contributed by atoms with van der Waals surface area (Å²) in [4.78, 5) is 0. The Morgan fingerprint density at radius 3 is 1.68 bits per heavy atom. The molecule has 0 saturated heterocycles. The molecule has 0 aliphatic carbocycles. The highest BCUT2D eigenvalue weighted by Gasteiger charge is 2.14. The number of hydrogen-bond donors (Lipinski definition) is 0. The third-order valence-electron chi connectivity index (χ3n) is 4.53. The average molecular weight is 330 g/mol. The minimum absolute atomic E-state index is 0.00586. The Morgan fingerprint density at radius 2 is 1.16 bits per heavy atom. The molecule has 0 aliphatic heterocycles. The molecule has 0 fully saturated rings. The van der Waals surface area contributed by atoms with Crippen LogP contribution in [-0.4, -0.2) is 6.61 Å². The molecule has 1 atom stereocenters. The molecule has 1 nitrogen and oxygen atoms in total. The maximum Gasteiger partial charge on any atom is 0.108 e. The van der Waals surface area contributed by atoms with Crippen LogP contribution in [0.5, 0.6) is 0 Å². The van der Waals surface area contributed by atoms with Crippen molar-refractivity contribution >= 4 is 0 Å². The lowest BCUT2D eigenvalue weighted by Gasteiger charge is -2.20. The van der Waals surface area contributed by atoms with Crippen molar-refractivity contribution in [3.8, 4) is 0 Å². The van der Waals surface area contributed by atoms with E-state index in [1.807, 2.05) is 12.1 Å². The first-order valence-electron chi connectivity index (χ1n) is 9.08. The first-order valence-corrected chi connectivity index (χ1v) is 9.08. The molecule has 0 aromatic heterocycles. The normalized spacial score (nSPS) is 12.2. The summed E-state index contributed by atoms with van der Waals surface area (Å²) in [5.41, 5.74) is 3.83. The van der Waals surface area contributed by atoms with Gasteiger partial charge in [0.25, 0.3) is 0 Å². The van der Waals surface area contributed by atoms with Crippen LogP contribution in [0.25, 0.3) is 0 Å². The van der Waals surface area contributed by atoms with Gasteiger partial charge in [-0.15, -0.1) is 0 Å². The Kier molecular flexibility index (Phi) is 6.42. The van der Waals surface area contributed by atoms with Gasteiger partial charge >= 0.3 is 0 Å². The van der Waals surface area contributed by atoms with Crippen LogP contribution in [0.1, 0.15) is 36.1 Å². The molecule has 0 N–H and O–H groups in total. The minimum atomic E-state index is 0.00586. The molecule has 0 aliphatic rings. The molecule has 0 heterocycles. The summed E-state index contributed by atoms with van der Waals surface area (Å²) in [7, 11) is 0. The summed E-state index contributed by atoms with van der Waals surface area (Å²) in [5, 5.41) is 0. The maximum absolute atomic E-state index is 6.32. The smallest absolute Gasteiger partial charge is 0.108 e. The molecule has 3 aromatic rings. The van der Waals surface area contributed by atoms with Crippen molar-refractivity contribution in [1.82, 2.24) is 0 Å². The van der Waals surface area contributed by atoms with E-state index in [-0.39, 0.29) is 6.10 Å². The Bertz CT molecular complexity index is 682. The highest BCUT2D eigenvalue weighted by Crippen LogP contribution is 2.26. The zero-order chi connectivity index (χ0) is 17.3. The van der Waals surface area contributed by atoms with E-state index in [4.69, 9.17) is 4.74 Å². The minimum Gasteiger partial charge on any atom is -0.369 e. The van der Waals surface area contributed by atoms with E-state index in [2.05, 4.69) is 85.8 Å². The van der Waals surface area contributed by atoms with Gasteiger partial charge in [-0.3, -0.25) is 0 Å². The fraction of sp³-hybridized carbons (Fsp3) is 0.250. The van der Waals surface area contributed by atoms with E-state index in [1.54, 1.807) is 0 Å². The number of hydrogen-bond acceptors (Lipinski definition) is 1. The van der Waals surface area contributed by atoms with Crippen LogP contribution in [0.2, 0.25) is 0 Å². The van der Waals surface area contributed by atoms with Gasteiger partial charge in [0.15, 0.2) is 0 Å². The molecule has 3 aromatic carbocycles. The van der Waals surface area contributed by atoms with Crippen molar-refractivity contribution in [2.24, 2.45) is 5.92 Å². The first kappa shape index (κ1) is 17.4. The molecule has 0 radical (unpaired) electrons. The van der Waals surface area contributed by atoms with Crippen LogP contribution in [0.15, 0.2) is 91.0 Å². The summed E-state index contributed by atoms with van der Waals surface area (Å²) < 4.78 is 6.32. The number of benzene rings is 3. The molecule has 1 unspecified atom stereocenters. The molecular weight excluding hydrogens is 304 g/mol. The molecule has 0 amide bonds. The molecular formula is C24H26O. The fourth-order valence-corrected chi connectivity index (χ4v) is 3.15. The number of rotatable bonds is 8. The Morgan fingerprint density at radius 1 is 0.680 bits per heavy atom. The predicted molar refractivity (Wildman–Crippen MR) is 105 cm³/mol. The summed E-state index contributed by atoms with van der Waals surface area (Å²) >= 11 is 0. The Labute approximate surface area is 151 Å². The summed E-state index contributed by atoms with van der Waals surface area (Å²) in [6.45, 7) is 3.07. The highest BCUT2D eigenvalue weighted by molar-refractivity contribution is 5.29. The first-order chi connectivity index (χ1) is 12.3. The van der Waals surface area contributed by atoms with E-state index >= 15 is 0 Å². The molecule has 0 saturated carbocycles. The third-order valence-corrected chi connectivity index (χ3v) is 4.53. The van der Waals surface area contributed by atoms with Gasteiger partial charge in [0.1, 0.15) is 6.10 Å². The van der Waals surface area contributed by atoms with E-state index in [0.29, 0.717) is 5.92 Å². The summed E-state index contributed by atoms with van der Waals surface area (Å²) in [5.74, 6) is 0.606. The Balaban J connectivity index is 1.60. The highest BCUT2D eigenvalue weighted by atomic mass is 16.5. The average Bonchev–Trinajstić information content (AvgIpc) is 2.67. The fourth-order valence-electron chi connectivity index (χ4n) is 3.15. The molecule has 3 rings (SSSR count). The lowest BCUT2D eigenvalue weighted by molar-refractivity contribution is 0.0707. The second-order valence-corrected chi connectivity index (χ2v) is 6.66. The van der Waals surface area contributed by atoms with Gasteiger partial charge in [0.05, 0.1) is 0 Å². The lowest BCUT2D eigenvalue weighted by Crippen LogP contribution is -2.10. The molecule has 128 valence electrons. The molecule has 25 heavy (non-hydrogen) atoms.